The molecule has 0 bridgehead atoms. The van der Waals surface area contributed by atoms with E-state index in [1.165, 1.54) is 61.9 Å². The Bertz CT molecular complexity index is 480. The van der Waals surface area contributed by atoms with Crippen LogP contribution in [0.3, 0.4) is 0 Å². The van der Waals surface area contributed by atoms with Crippen LogP contribution in [0.25, 0.3) is 0 Å². The summed E-state index contributed by atoms with van der Waals surface area (Å²) in [6, 6.07) is 7.03. The molecule has 0 unspecified atom stereocenters. The monoisotopic (exact) mass is 304 g/mol. The lowest BCUT2D eigenvalue weighted by molar-refractivity contribution is 0.533. The van der Waals surface area contributed by atoms with Gasteiger partial charge in [-0.15, -0.1) is 0 Å². The number of hydrogen-bond acceptors (Lipinski definition) is 3. The van der Waals surface area contributed by atoms with Crippen molar-refractivity contribution in [1.29, 1.82) is 0 Å². The second-order valence-electron chi connectivity index (χ2n) is 6.69. The number of aryl methyl sites for hydroxylation is 1. The zero-order valence-corrected chi connectivity index (χ0v) is 14.3. The quantitative estimate of drug-likeness (QED) is 0.890. The Morgan fingerprint density at radius 3 is 2.81 bits per heavy atom. The van der Waals surface area contributed by atoms with Crippen LogP contribution < -0.4 is 10.2 Å². The molecule has 1 saturated carbocycles. The summed E-state index contributed by atoms with van der Waals surface area (Å²) in [5, 5.41) is 3.72. The molecule has 1 aromatic rings. The van der Waals surface area contributed by atoms with Gasteiger partial charge < -0.3 is 10.2 Å². The summed E-state index contributed by atoms with van der Waals surface area (Å²) in [5.74, 6) is 0. The number of nitrogens with one attached hydrogen (secondary N) is 1. The fourth-order valence-electron chi connectivity index (χ4n) is 3.86. The molecule has 1 aliphatic carbocycles. The van der Waals surface area contributed by atoms with Crippen molar-refractivity contribution >= 4 is 17.4 Å². The molecule has 21 heavy (non-hydrogen) atoms. The van der Waals surface area contributed by atoms with Crippen LogP contribution in [0, 0.1) is 0 Å². The molecule has 2 aliphatic rings. The Morgan fingerprint density at radius 2 is 2.05 bits per heavy atom. The molecule has 0 radical (unpaired) electrons. The van der Waals surface area contributed by atoms with Crippen molar-refractivity contribution in [2.45, 2.75) is 49.8 Å². The average Bonchev–Trinajstić information content (AvgIpc) is 2.97. The summed E-state index contributed by atoms with van der Waals surface area (Å²) in [7, 11) is 2.21. The second kappa shape index (κ2) is 6.62. The lowest BCUT2D eigenvalue weighted by Crippen LogP contribution is -2.34. The van der Waals surface area contributed by atoms with Gasteiger partial charge in [0.25, 0.3) is 0 Å². The van der Waals surface area contributed by atoms with E-state index in [1.807, 2.05) is 0 Å². The van der Waals surface area contributed by atoms with Crippen molar-refractivity contribution in [2.24, 2.45) is 0 Å². The summed E-state index contributed by atoms with van der Waals surface area (Å²) < 4.78 is 0.508. The van der Waals surface area contributed by atoms with E-state index in [1.54, 1.807) is 0 Å². The SMILES string of the molecule is CSC1(CNCc2ccc3c(c2)CCCN3C)CCCC1. The maximum Gasteiger partial charge on any atom is 0.0396 e. The molecule has 0 saturated heterocycles. The van der Waals surface area contributed by atoms with Crippen molar-refractivity contribution in [3.05, 3.63) is 29.3 Å². The summed E-state index contributed by atoms with van der Waals surface area (Å²) >= 11 is 2.07. The standard InChI is InChI=1S/C18H28N2S/c1-20-11-5-6-16-12-15(7-8-17(16)20)13-19-14-18(21-2)9-3-4-10-18/h7-8,12,19H,3-6,9-11,13-14H2,1-2H3. The maximum absolute atomic E-state index is 3.72. The first-order valence-electron chi connectivity index (χ1n) is 8.31. The van der Waals surface area contributed by atoms with Crippen LogP contribution in [0.1, 0.15) is 43.2 Å². The lowest BCUT2D eigenvalue weighted by atomic mass is 9.99. The molecule has 1 heterocycles. The molecule has 1 aromatic carbocycles. The molecule has 0 amide bonds. The molecular formula is C18H28N2S. The molecule has 0 atom stereocenters. The third-order valence-corrected chi connectivity index (χ3v) is 6.64. The topological polar surface area (TPSA) is 15.3 Å². The van der Waals surface area contributed by atoms with E-state index in [9.17, 15) is 0 Å². The van der Waals surface area contributed by atoms with Crippen LogP contribution in [0.4, 0.5) is 5.69 Å². The molecule has 1 aliphatic heterocycles. The number of benzene rings is 1. The van der Waals surface area contributed by atoms with E-state index in [2.05, 4.69) is 53.5 Å². The zero-order valence-electron chi connectivity index (χ0n) is 13.5. The Kier molecular flexibility index (Phi) is 4.80. The van der Waals surface area contributed by atoms with Gasteiger partial charge in [-0.05, 0) is 49.1 Å². The maximum atomic E-state index is 3.72. The highest BCUT2D eigenvalue weighted by Crippen LogP contribution is 2.39. The second-order valence-corrected chi connectivity index (χ2v) is 7.96. The predicted octanol–water partition coefficient (Wildman–Crippen LogP) is 3.83. The Hall–Kier alpha value is -0.670. The van der Waals surface area contributed by atoms with Gasteiger partial charge in [0.2, 0.25) is 0 Å². The van der Waals surface area contributed by atoms with E-state index in [4.69, 9.17) is 0 Å². The summed E-state index contributed by atoms with van der Waals surface area (Å²) in [4.78, 5) is 2.39. The molecule has 3 rings (SSSR count). The minimum Gasteiger partial charge on any atom is -0.374 e. The minimum atomic E-state index is 0.508. The Morgan fingerprint density at radius 1 is 1.24 bits per heavy atom. The van der Waals surface area contributed by atoms with Crippen molar-refractivity contribution in [3.63, 3.8) is 0 Å². The van der Waals surface area contributed by atoms with Gasteiger partial charge in [0.1, 0.15) is 0 Å². The van der Waals surface area contributed by atoms with Crippen molar-refractivity contribution in [2.75, 3.05) is 31.3 Å². The number of anilines is 1. The van der Waals surface area contributed by atoms with Crippen LogP contribution in [0.15, 0.2) is 18.2 Å². The van der Waals surface area contributed by atoms with Gasteiger partial charge in [-0.3, -0.25) is 0 Å². The smallest absolute Gasteiger partial charge is 0.0396 e. The number of nitrogens with zero attached hydrogens (tertiary/aromatic N) is 1. The van der Waals surface area contributed by atoms with Gasteiger partial charge in [-0.1, -0.05) is 25.0 Å². The van der Waals surface area contributed by atoms with Gasteiger partial charge in [-0.2, -0.15) is 11.8 Å². The van der Waals surface area contributed by atoms with Gasteiger partial charge in [0.15, 0.2) is 0 Å². The fraction of sp³-hybridized carbons (Fsp3) is 0.667. The van der Waals surface area contributed by atoms with Crippen molar-refractivity contribution < 1.29 is 0 Å². The van der Waals surface area contributed by atoms with E-state index >= 15 is 0 Å². The first kappa shape index (κ1) is 15.2. The molecule has 116 valence electrons. The summed E-state index contributed by atoms with van der Waals surface area (Å²) in [5.41, 5.74) is 4.41. The number of hydrogen-bond donors (Lipinski definition) is 1. The molecular weight excluding hydrogens is 276 g/mol. The first-order chi connectivity index (χ1) is 10.2. The lowest BCUT2D eigenvalue weighted by Gasteiger charge is -2.29. The normalized spacial score (nSPS) is 20.6. The van der Waals surface area contributed by atoms with E-state index in [0.29, 0.717) is 4.75 Å². The molecule has 3 heteroatoms. The zero-order chi connectivity index (χ0) is 14.7. The van der Waals surface area contributed by atoms with Crippen LogP contribution >= 0.6 is 11.8 Å². The van der Waals surface area contributed by atoms with Crippen LogP contribution in [-0.2, 0) is 13.0 Å². The number of rotatable bonds is 5. The summed E-state index contributed by atoms with van der Waals surface area (Å²) in [6.45, 7) is 3.37. The average molecular weight is 305 g/mol. The number of fused-ring (bicyclic) bond motifs is 1. The third-order valence-electron chi connectivity index (χ3n) is 5.22. The van der Waals surface area contributed by atoms with Gasteiger partial charge in [0, 0.05) is 37.1 Å². The van der Waals surface area contributed by atoms with Crippen molar-refractivity contribution in [1.82, 2.24) is 5.32 Å². The van der Waals surface area contributed by atoms with Gasteiger partial charge in [0.05, 0.1) is 0 Å². The van der Waals surface area contributed by atoms with Gasteiger partial charge >= 0.3 is 0 Å². The molecule has 0 aromatic heterocycles. The van der Waals surface area contributed by atoms with Crippen molar-refractivity contribution in [3.8, 4) is 0 Å². The van der Waals surface area contributed by atoms with Crippen LogP contribution in [0.5, 0.6) is 0 Å². The van der Waals surface area contributed by atoms with Gasteiger partial charge in [-0.25, -0.2) is 0 Å². The highest BCUT2D eigenvalue weighted by atomic mass is 32.2. The number of thioether (sulfide) groups is 1. The largest absolute Gasteiger partial charge is 0.374 e. The molecule has 2 nitrogen and oxygen atoms in total. The minimum absolute atomic E-state index is 0.508. The van der Waals surface area contributed by atoms with E-state index < -0.39 is 0 Å². The summed E-state index contributed by atoms with van der Waals surface area (Å²) in [6.07, 6.45) is 10.4. The highest BCUT2D eigenvalue weighted by molar-refractivity contribution is 8.00. The molecule has 1 fully saturated rings. The Labute approximate surface area is 133 Å². The predicted molar refractivity (Wildman–Crippen MR) is 94.5 cm³/mol. The van der Waals surface area contributed by atoms with E-state index in [0.717, 1.165) is 13.1 Å². The third kappa shape index (κ3) is 3.40. The first-order valence-corrected chi connectivity index (χ1v) is 9.54. The molecule has 0 spiro atoms. The highest BCUT2D eigenvalue weighted by Gasteiger charge is 2.32. The van der Waals surface area contributed by atoms with E-state index in [-0.39, 0.29) is 0 Å². The van der Waals surface area contributed by atoms with Crippen LogP contribution in [0.2, 0.25) is 0 Å². The Balaban J connectivity index is 1.58. The van der Waals surface area contributed by atoms with Crippen LogP contribution in [-0.4, -0.2) is 31.1 Å². The fourth-order valence-corrected chi connectivity index (χ4v) is 4.80. The molecule has 1 N–H and O–H groups in total.